The third-order valence-corrected chi connectivity index (χ3v) is 4.74. The Bertz CT molecular complexity index is 924. The van der Waals surface area contributed by atoms with Crippen LogP contribution in [0.1, 0.15) is 17.5 Å². The molecule has 3 aromatic rings. The predicted octanol–water partition coefficient (Wildman–Crippen LogP) is 3.43. The maximum absolute atomic E-state index is 12.2. The molecule has 26 heavy (non-hydrogen) atoms. The number of benzene rings is 2. The molecule has 0 saturated carbocycles. The molecule has 0 radical (unpaired) electrons. The zero-order valence-electron chi connectivity index (χ0n) is 14.6. The van der Waals surface area contributed by atoms with Crippen LogP contribution in [0.15, 0.2) is 48.5 Å². The molecule has 6 nitrogen and oxygen atoms in total. The fourth-order valence-electron chi connectivity index (χ4n) is 2.49. The number of aromatic nitrogens is 1. The van der Waals surface area contributed by atoms with Crippen molar-refractivity contribution in [1.82, 2.24) is 15.6 Å². The van der Waals surface area contributed by atoms with Crippen molar-refractivity contribution in [3.63, 3.8) is 0 Å². The van der Waals surface area contributed by atoms with Crippen LogP contribution in [-0.4, -0.2) is 23.0 Å². The lowest BCUT2D eigenvalue weighted by Gasteiger charge is -2.15. The first-order chi connectivity index (χ1) is 12.5. The van der Waals surface area contributed by atoms with Crippen LogP contribution in [0.4, 0.5) is 10.5 Å². The lowest BCUT2D eigenvalue weighted by molar-refractivity contribution is -0.120. The second-order valence-electron chi connectivity index (χ2n) is 5.94. The molecule has 1 heterocycles. The Hall–Kier alpha value is -2.93. The summed E-state index contributed by atoms with van der Waals surface area (Å²) in [5.74, 6) is -0.392. The number of carbonyl (C=O) groups is 2. The summed E-state index contributed by atoms with van der Waals surface area (Å²) in [6.07, 6.45) is 0. The smallest absolute Gasteiger partial charge is 0.321 e. The van der Waals surface area contributed by atoms with E-state index in [1.165, 1.54) is 0 Å². The molecule has 1 atom stereocenters. The molecule has 0 aliphatic rings. The highest BCUT2D eigenvalue weighted by Gasteiger charge is 2.16. The number of amides is 3. The zero-order chi connectivity index (χ0) is 18.5. The summed E-state index contributed by atoms with van der Waals surface area (Å²) in [6.45, 7) is 4.03. The lowest BCUT2D eigenvalue weighted by atomic mass is 10.2. The van der Waals surface area contributed by atoms with Gasteiger partial charge in [0.25, 0.3) is 0 Å². The van der Waals surface area contributed by atoms with Gasteiger partial charge in [0.2, 0.25) is 5.91 Å². The molecular formula is C19H20N4O2S. The minimum absolute atomic E-state index is 0.364. The SMILES string of the molecule is Cc1nc2ccc(NC(C)C(=O)NC(=O)NCc3ccccc3)cc2s1. The first-order valence-electron chi connectivity index (χ1n) is 8.27. The quantitative estimate of drug-likeness (QED) is 0.644. The normalized spacial score (nSPS) is 11.8. The number of rotatable bonds is 5. The number of hydrogen-bond acceptors (Lipinski definition) is 5. The van der Waals surface area contributed by atoms with Crippen molar-refractivity contribution in [3.8, 4) is 0 Å². The number of imide groups is 1. The summed E-state index contributed by atoms with van der Waals surface area (Å²) >= 11 is 1.60. The number of nitrogens with zero attached hydrogens (tertiary/aromatic N) is 1. The number of carbonyl (C=O) groups excluding carboxylic acids is 2. The number of thiazole rings is 1. The van der Waals surface area contributed by atoms with Crippen LogP contribution in [0.5, 0.6) is 0 Å². The van der Waals surface area contributed by atoms with Crippen LogP contribution in [0.25, 0.3) is 10.2 Å². The summed E-state index contributed by atoms with van der Waals surface area (Å²) in [6, 6.07) is 14.2. The molecule has 2 aromatic carbocycles. The van der Waals surface area contributed by atoms with Gasteiger partial charge in [0.15, 0.2) is 0 Å². The lowest BCUT2D eigenvalue weighted by Crippen LogP contribution is -2.45. The monoisotopic (exact) mass is 368 g/mol. The van der Waals surface area contributed by atoms with Crippen molar-refractivity contribution >= 4 is 39.2 Å². The molecule has 0 bridgehead atoms. The van der Waals surface area contributed by atoms with E-state index in [2.05, 4.69) is 20.9 Å². The highest BCUT2D eigenvalue weighted by molar-refractivity contribution is 7.18. The highest BCUT2D eigenvalue weighted by atomic mass is 32.1. The number of aryl methyl sites for hydroxylation is 1. The van der Waals surface area contributed by atoms with Gasteiger partial charge in [-0.1, -0.05) is 30.3 Å². The van der Waals surface area contributed by atoms with Crippen LogP contribution >= 0.6 is 11.3 Å². The Balaban J connectivity index is 1.52. The molecule has 1 aromatic heterocycles. The van der Waals surface area contributed by atoms with Crippen LogP contribution in [-0.2, 0) is 11.3 Å². The average Bonchev–Trinajstić information content (AvgIpc) is 3.00. The van der Waals surface area contributed by atoms with E-state index in [9.17, 15) is 9.59 Å². The second-order valence-corrected chi connectivity index (χ2v) is 7.17. The third-order valence-electron chi connectivity index (χ3n) is 3.80. The maximum atomic E-state index is 12.2. The topological polar surface area (TPSA) is 83.1 Å². The Kier molecular flexibility index (Phi) is 5.48. The van der Waals surface area contributed by atoms with Crippen molar-refractivity contribution < 1.29 is 9.59 Å². The van der Waals surface area contributed by atoms with Gasteiger partial charge < -0.3 is 10.6 Å². The first-order valence-corrected chi connectivity index (χ1v) is 9.09. The molecule has 1 unspecified atom stereocenters. The largest absolute Gasteiger partial charge is 0.374 e. The van der Waals surface area contributed by atoms with Gasteiger partial charge in [-0.2, -0.15) is 0 Å². The van der Waals surface area contributed by atoms with Crippen LogP contribution in [0, 0.1) is 6.92 Å². The molecule has 7 heteroatoms. The maximum Gasteiger partial charge on any atom is 0.321 e. The molecule has 0 spiro atoms. The number of anilines is 1. The van der Waals surface area contributed by atoms with Gasteiger partial charge in [-0.05, 0) is 37.6 Å². The molecule has 3 rings (SSSR count). The van der Waals surface area contributed by atoms with E-state index in [1.807, 2.05) is 55.5 Å². The van der Waals surface area contributed by atoms with Gasteiger partial charge in [0.1, 0.15) is 6.04 Å². The summed E-state index contributed by atoms with van der Waals surface area (Å²) in [5, 5.41) is 9.13. The second kappa shape index (κ2) is 7.97. The van der Waals surface area contributed by atoms with Gasteiger partial charge in [-0.15, -0.1) is 11.3 Å². The van der Waals surface area contributed by atoms with Crippen molar-refractivity contribution in [1.29, 1.82) is 0 Å². The van der Waals surface area contributed by atoms with E-state index in [0.717, 1.165) is 26.5 Å². The standard InChI is InChI=1S/C19H20N4O2S/c1-12(21-15-8-9-16-17(10-15)26-13(2)22-16)18(24)23-19(25)20-11-14-6-4-3-5-7-14/h3-10,12,21H,11H2,1-2H3,(H2,20,23,24,25). The molecule has 0 aliphatic carbocycles. The first kappa shape index (κ1) is 17.9. The number of hydrogen-bond donors (Lipinski definition) is 3. The van der Waals surface area contributed by atoms with E-state index in [-0.39, 0.29) is 0 Å². The Morgan fingerprint density at radius 3 is 2.69 bits per heavy atom. The summed E-state index contributed by atoms with van der Waals surface area (Å²) in [4.78, 5) is 28.5. The fourth-order valence-corrected chi connectivity index (χ4v) is 3.35. The predicted molar refractivity (Wildman–Crippen MR) is 104 cm³/mol. The molecule has 3 amide bonds. The van der Waals surface area contributed by atoms with E-state index in [1.54, 1.807) is 18.3 Å². The van der Waals surface area contributed by atoms with E-state index < -0.39 is 18.0 Å². The van der Waals surface area contributed by atoms with E-state index >= 15 is 0 Å². The van der Waals surface area contributed by atoms with Crippen LogP contribution in [0.3, 0.4) is 0 Å². The van der Waals surface area contributed by atoms with E-state index in [4.69, 9.17) is 0 Å². The van der Waals surface area contributed by atoms with Gasteiger partial charge in [-0.3, -0.25) is 10.1 Å². The summed E-state index contributed by atoms with van der Waals surface area (Å²) in [5.41, 5.74) is 2.72. The van der Waals surface area contributed by atoms with Crippen molar-refractivity contribution in [2.24, 2.45) is 0 Å². The van der Waals surface area contributed by atoms with Crippen molar-refractivity contribution in [2.45, 2.75) is 26.4 Å². The van der Waals surface area contributed by atoms with Crippen LogP contribution < -0.4 is 16.0 Å². The third kappa shape index (κ3) is 4.58. The number of urea groups is 1. The molecule has 0 saturated heterocycles. The molecule has 134 valence electrons. The molecule has 0 aliphatic heterocycles. The van der Waals surface area contributed by atoms with Gasteiger partial charge >= 0.3 is 6.03 Å². The van der Waals surface area contributed by atoms with Crippen molar-refractivity contribution in [3.05, 3.63) is 59.1 Å². The fraction of sp³-hybridized carbons (Fsp3) is 0.211. The molecular weight excluding hydrogens is 348 g/mol. The minimum atomic E-state index is -0.552. The zero-order valence-corrected chi connectivity index (χ0v) is 15.4. The Morgan fingerprint density at radius 2 is 1.92 bits per heavy atom. The van der Waals surface area contributed by atoms with E-state index in [0.29, 0.717) is 6.54 Å². The Labute approximate surface area is 155 Å². The van der Waals surface area contributed by atoms with Gasteiger partial charge in [0.05, 0.1) is 15.2 Å². The van der Waals surface area contributed by atoms with Crippen molar-refractivity contribution in [2.75, 3.05) is 5.32 Å². The molecule has 3 N–H and O–H groups in total. The molecule has 0 fully saturated rings. The van der Waals surface area contributed by atoms with Crippen LogP contribution in [0.2, 0.25) is 0 Å². The summed E-state index contributed by atoms with van der Waals surface area (Å²) in [7, 11) is 0. The minimum Gasteiger partial charge on any atom is -0.374 e. The average molecular weight is 368 g/mol. The van der Waals surface area contributed by atoms with Gasteiger partial charge in [-0.25, -0.2) is 9.78 Å². The highest BCUT2D eigenvalue weighted by Crippen LogP contribution is 2.25. The van der Waals surface area contributed by atoms with Gasteiger partial charge in [0, 0.05) is 12.2 Å². The number of nitrogens with one attached hydrogen (secondary N) is 3. The Morgan fingerprint density at radius 1 is 1.15 bits per heavy atom. The number of fused-ring (bicyclic) bond motifs is 1. The summed E-state index contributed by atoms with van der Waals surface area (Å²) < 4.78 is 1.06.